The third-order valence-corrected chi connectivity index (χ3v) is 6.25. The van der Waals surface area contributed by atoms with E-state index in [4.69, 9.17) is 16.6 Å². The van der Waals surface area contributed by atoms with Crippen molar-refractivity contribution in [1.82, 2.24) is 26.6 Å². The first-order chi connectivity index (χ1) is 20.2. The molecule has 16 nitrogen and oxygen atoms in total. The molecule has 238 valence electrons. The smallest absolute Gasteiger partial charge is 0.303 e. The van der Waals surface area contributed by atoms with Gasteiger partial charge >= 0.3 is 5.97 Å². The van der Waals surface area contributed by atoms with E-state index in [1.807, 2.05) is 0 Å². The molecule has 1 rings (SSSR count). The van der Waals surface area contributed by atoms with Crippen LogP contribution in [0.25, 0.3) is 0 Å². The van der Waals surface area contributed by atoms with E-state index in [0.717, 1.165) is 5.56 Å². The fourth-order valence-corrected chi connectivity index (χ4v) is 3.59. The highest BCUT2D eigenvalue weighted by atomic mass is 16.4. The van der Waals surface area contributed by atoms with E-state index in [1.165, 1.54) is 6.92 Å². The van der Waals surface area contributed by atoms with Crippen molar-refractivity contribution >= 4 is 41.4 Å². The van der Waals surface area contributed by atoms with Gasteiger partial charge in [0.05, 0.1) is 19.2 Å². The lowest BCUT2D eigenvalue weighted by molar-refractivity contribution is -0.138. The quantitative estimate of drug-likeness (QED) is 0.0799. The van der Waals surface area contributed by atoms with Crippen molar-refractivity contribution in [2.45, 2.75) is 70.2 Å². The van der Waals surface area contributed by atoms with Crippen LogP contribution in [-0.2, 0) is 40.0 Å². The Morgan fingerprint density at radius 2 is 1.37 bits per heavy atom. The van der Waals surface area contributed by atoms with E-state index in [-0.39, 0.29) is 12.3 Å². The molecule has 0 fully saturated rings. The molecule has 1 aromatic rings. The van der Waals surface area contributed by atoms with Crippen molar-refractivity contribution in [3.8, 4) is 0 Å². The fourth-order valence-electron chi connectivity index (χ4n) is 3.59. The van der Waals surface area contributed by atoms with Gasteiger partial charge in [-0.2, -0.15) is 0 Å². The zero-order chi connectivity index (χ0) is 32.7. The van der Waals surface area contributed by atoms with Crippen LogP contribution in [0.15, 0.2) is 30.3 Å². The molecular weight excluding hydrogens is 566 g/mol. The fraction of sp³-hybridized carbons (Fsp3) is 0.519. The van der Waals surface area contributed by atoms with Gasteiger partial charge in [0.25, 0.3) is 0 Å². The van der Waals surface area contributed by atoms with E-state index in [1.54, 1.807) is 44.2 Å². The zero-order valence-electron chi connectivity index (χ0n) is 24.3. The van der Waals surface area contributed by atoms with Crippen molar-refractivity contribution in [3.05, 3.63) is 35.9 Å². The van der Waals surface area contributed by atoms with Gasteiger partial charge in [0.15, 0.2) is 0 Å². The SMILES string of the molecule is CC(C)[C@H](N)C(=O)NCC(=O)N[C@@H](CO)C(=O)N[C@@H](CCC(=O)O)C(=O)N[C@@H](C)C(=O)N[C@@H](Cc1ccccc1)C(N)=O. The molecule has 5 atom stereocenters. The summed E-state index contributed by atoms with van der Waals surface area (Å²) in [5, 5.41) is 30.3. The number of hydrogen-bond donors (Lipinski definition) is 9. The Morgan fingerprint density at radius 1 is 0.791 bits per heavy atom. The maximum atomic E-state index is 12.9. The Kier molecular flexibility index (Phi) is 15.3. The molecule has 0 radical (unpaired) electrons. The van der Waals surface area contributed by atoms with E-state index in [0.29, 0.717) is 0 Å². The Hall–Kier alpha value is -4.57. The molecule has 0 heterocycles. The predicted octanol–water partition coefficient (Wildman–Crippen LogP) is -3.37. The van der Waals surface area contributed by atoms with Crippen LogP contribution in [0.5, 0.6) is 0 Å². The topological polar surface area (TPSA) is 272 Å². The van der Waals surface area contributed by atoms with Crippen LogP contribution in [0.3, 0.4) is 0 Å². The summed E-state index contributed by atoms with van der Waals surface area (Å²) in [4.78, 5) is 85.7. The van der Waals surface area contributed by atoms with Crippen LogP contribution in [-0.4, -0.2) is 95.0 Å². The van der Waals surface area contributed by atoms with E-state index in [9.17, 15) is 38.7 Å². The number of aliphatic hydroxyl groups is 1. The van der Waals surface area contributed by atoms with E-state index < -0.39 is 97.6 Å². The molecule has 0 aliphatic carbocycles. The Balaban J connectivity index is 2.84. The maximum absolute atomic E-state index is 12.9. The number of hydrogen-bond acceptors (Lipinski definition) is 9. The second kappa shape index (κ2) is 18.1. The molecule has 6 amide bonds. The predicted molar refractivity (Wildman–Crippen MR) is 153 cm³/mol. The monoisotopic (exact) mass is 607 g/mol. The van der Waals surface area contributed by atoms with Gasteiger partial charge in [0.2, 0.25) is 35.4 Å². The summed E-state index contributed by atoms with van der Waals surface area (Å²) in [6.45, 7) is 3.29. The minimum atomic E-state index is -1.56. The number of aliphatic hydroxyl groups excluding tert-OH is 1. The third-order valence-electron chi connectivity index (χ3n) is 6.25. The van der Waals surface area contributed by atoms with Crippen LogP contribution in [0.1, 0.15) is 39.2 Å². The highest BCUT2D eigenvalue weighted by molar-refractivity contribution is 5.96. The normalized spacial score (nSPS) is 14.3. The van der Waals surface area contributed by atoms with Crippen molar-refractivity contribution in [2.24, 2.45) is 17.4 Å². The minimum absolute atomic E-state index is 0.0996. The molecule has 0 saturated heterocycles. The van der Waals surface area contributed by atoms with Crippen LogP contribution in [0, 0.1) is 5.92 Å². The van der Waals surface area contributed by atoms with Crippen molar-refractivity contribution < 1.29 is 43.8 Å². The summed E-state index contributed by atoms with van der Waals surface area (Å²) >= 11 is 0. The number of nitrogens with two attached hydrogens (primary N) is 2. The first kappa shape index (κ1) is 36.5. The van der Waals surface area contributed by atoms with Gasteiger partial charge < -0.3 is 48.3 Å². The molecule has 16 heteroatoms. The number of carbonyl (C=O) groups is 7. The molecule has 0 aliphatic rings. The van der Waals surface area contributed by atoms with Gasteiger partial charge in [-0.25, -0.2) is 0 Å². The lowest BCUT2D eigenvalue weighted by Gasteiger charge is -2.24. The lowest BCUT2D eigenvalue weighted by atomic mass is 10.0. The summed E-state index contributed by atoms with van der Waals surface area (Å²) < 4.78 is 0. The van der Waals surface area contributed by atoms with Crippen LogP contribution in [0.4, 0.5) is 0 Å². The second-order valence-electron chi connectivity index (χ2n) is 10.2. The Bertz CT molecular complexity index is 1150. The van der Waals surface area contributed by atoms with Crippen LogP contribution >= 0.6 is 0 Å². The summed E-state index contributed by atoms with van der Waals surface area (Å²) in [6.07, 6.45) is -0.838. The maximum Gasteiger partial charge on any atom is 0.303 e. The molecule has 1 aromatic carbocycles. The van der Waals surface area contributed by atoms with Crippen LogP contribution in [0.2, 0.25) is 0 Å². The molecule has 0 aliphatic heterocycles. The Morgan fingerprint density at radius 3 is 1.91 bits per heavy atom. The largest absolute Gasteiger partial charge is 0.481 e. The summed E-state index contributed by atoms with van der Waals surface area (Å²) in [5.41, 5.74) is 11.9. The standard InChI is InChI=1S/C27H41N7O9/c1-14(2)22(28)27(43)30-12-20(36)32-19(13-35)26(42)33-17(9-10-21(37)38)25(41)31-15(3)24(40)34-18(23(29)39)11-16-7-5-4-6-8-16/h4-8,14-15,17-19,22,35H,9-13,28H2,1-3H3,(H2,29,39)(H,30,43)(H,31,41)(H,32,36)(H,33,42)(H,34,40)(H,37,38)/t15-,17-,18-,19-,22-/m0/s1. The highest BCUT2D eigenvalue weighted by Crippen LogP contribution is 2.05. The number of nitrogens with one attached hydrogen (secondary N) is 5. The summed E-state index contributed by atoms with van der Waals surface area (Å²) in [6, 6.07) is 2.53. The summed E-state index contributed by atoms with van der Waals surface area (Å²) in [5.74, 6) is -6.44. The molecule has 0 aromatic heterocycles. The number of carboxylic acids is 1. The van der Waals surface area contributed by atoms with Gasteiger partial charge in [-0.05, 0) is 24.8 Å². The molecule has 0 unspecified atom stereocenters. The Labute approximate surface area is 248 Å². The van der Waals surface area contributed by atoms with Gasteiger partial charge in [-0.1, -0.05) is 44.2 Å². The van der Waals surface area contributed by atoms with Gasteiger partial charge in [-0.3, -0.25) is 33.6 Å². The van der Waals surface area contributed by atoms with Gasteiger partial charge in [0, 0.05) is 12.8 Å². The molecule has 0 bridgehead atoms. The van der Waals surface area contributed by atoms with Gasteiger partial charge in [0.1, 0.15) is 24.2 Å². The number of rotatable bonds is 18. The number of amides is 6. The number of carboxylic acid groups (broad SMARTS) is 1. The molecule has 11 N–H and O–H groups in total. The number of carbonyl (C=O) groups excluding carboxylic acids is 6. The van der Waals surface area contributed by atoms with E-state index in [2.05, 4.69) is 26.6 Å². The first-order valence-electron chi connectivity index (χ1n) is 13.6. The molecule has 43 heavy (non-hydrogen) atoms. The molecule has 0 saturated carbocycles. The highest BCUT2D eigenvalue weighted by Gasteiger charge is 2.30. The third kappa shape index (κ3) is 13.3. The first-order valence-corrected chi connectivity index (χ1v) is 13.6. The van der Waals surface area contributed by atoms with Crippen molar-refractivity contribution in [3.63, 3.8) is 0 Å². The van der Waals surface area contributed by atoms with E-state index >= 15 is 0 Å². The van der Waals surface area contributed by atoms with Crippen molar-refractivity contribution in [2.75, 3.05) is 13.2 Å². The van der Waals surface area contributed by atoms with Gasteiger partial charge in [-0.15, -0.1) is 0 Å². The average molecular weight is 608 g/mol. The summed E-state index contributed by atoms with van der Waals surface area (Å²) in [7, 11) is 0. The molecule has 0 spiro atoms. The van der Waals surface area contributed by atoms with Crippen LogP contribution < -0.4 is 38.1 Å². The van der Waals surface area contributed by atoms with Crippen molar-refractivity contribution in [1.29, 1.82) is 0 Å². The minimum Gasteiger partial charge on any atom is -0.481 e. The average Bonchev–Trinajstić information content (AvgIpc) is 2.95. The number of benzene rings is 1. The number of primary amides is 1. The number of aliphatic carboxylic acids is 1. The lowest BCUT2D eigenvalue weighted by Crippen LogP contribution is -2.58. The molecular formula is C27H41N7O9. The second-order valence-corrected chi connectivity index (χ2v) is 10.2. The zero-order valence-corrected chi connectivity index (χ0v) is 24.3.